The first-order valence-electron chi connectivity index (χ1n) is 21.5. The fraction of sp³-hybridized carbons (Fsp3) is 0.0172. The quantitative estimate of drug-likeness (QED) is 0.174. The van der Waals surface area contributed by atoms with Gasteiger partial charge in [0.2, 0.25) is 5.95 Å². The largest absolute Gasteiger partial charge is 0.309 e. The normalized spacial score (nSPS) is 13.2. The Balaban J connectivity index is 1.01. The minimum Gasteiger partial charge on any atom is -0.309 e. The molecule has 0 saturated carbocycles. The fourth-order valence-corrected chi connectivity index (χ4v) is 10.4. The standard InChI is InChI=1S/C58H37N5/c1-4-18-38(19-5-1)55-59-56(39-20-6-2-7-21-39)61-57(60-55)63-53-30-16-13-27-49(53)58(50-28-14-17-31-54(50)63)47-26-12-10-24-43(47)45-36-40(32-34-48(45)58)41-33-35-52-46(37-41)44-25-11-15-29-51(44)62(52)42-22-8-3-9-23-42/h1-37H. The van der Waals surface area contributed by atoms with Crippen LogP contribution < -0.4 is 4.90 Å². The monoisotopic (exact) mass is 803 g/mol. The van der Waals surface area contributed by atoms with Crippen molar-refractivity contribution in [2.45, 2.75) is 5.41 Å². The summed E-state index contributed by atoms with van der Waals surface area (Å²) in [6.45, 7) is 0. The zero-order valence-electron chi connectivity index (χ0n) is 34.1. The van der Waals surface area contributed by atoms with Crippen molar-refractivity contribution in [3.05, 3.63) is 247 Å². The summed E-state index contributed by atoms with van der Waals surface area (Å²) in [6.07, 6.45) is 0. The maximum atomic E-state index is 5.26. The second-order valence-electron chi connectivity index (χ2n) is 16.4. The number of nitrogens with zero attached hydrogens (tertiary/aromatic N) is 5. The smallest absolute Gasteiger partial charge is 0.238 e. The van der Waals surface area contributed by atoms with Crippen molar-refractivity contribution in [1.82, 2.24) is 19.5 Å². The van der Waals surface area contributed by atoms with Crippen LogP contribution in [0.2, 0.25) is 0 Å². The van der Waals surface area contributed by atoms with Gasteiger partial charge in [-0.25, -0.2) is 4.98 Å². The van der Waals surface area contributed by atoms with Gasteiger partial charge in [0, 0.05) is 27.6 Å². The molecule has 1 aliphatic heterocycles. The molecule has 13 rings (SSSR count). The van der Waals surface area contributed by atoms with E-state index in [1.54, 1.807) is 0 Å². The van der Waals surface area contributed by atoms with Gasteiger partial charge in [0.05, 0.1) is 27.8 Å². The van der Waals surface area contributed by atoms with Gasteiger partial charge in [-0.1, -0.05) is 176 Å². The van der Waals surface area contributed by atoms with E-state index in [4.69, 9.17) is 15.0 Å². The lowest BCUT2D eigenvalue weighted by atomic mass is 9.64. The lowest BCUT2D eigenvalue weighted by Crippen LogP contribution is -2.36. The van der Waals surface area contributed by atoms with Crippen LogP contribution >= 0.6 is 0 Å². The van der Waals surface area contributed by atoms with Crippen molar-refractivity contribution in [2.24, 2.45) is 0 Å². The van der Waals surface area contributed by atoms with Gasteiger partial charge < -0.3 is 4.57 Å². The Hall–Kier alpha value is -8.41. The van der Waals surface area contributed by atoms with Gasteiger partial charge in [0.1, 0.15) is 0 Å². The molecule has 3 heterocycles. The topological polar surface area (TPSA) is 46.8 Å². The van der Waals surface area contributed by atoms with Crippen LogP contribution in [0.5, 0.6) is 0 Å². The Labute approximate surface area is 364 Å². The molecule has 11 aromatic rings. The highest BCUT2D eigenvalue weighted by molar-refractivity contribution is 6.10. The molecule has 0 bridgehead atoms. The van der Waals surface area contributed by atoms with Gasteiger partial charge in [0.25, 0.3) is 0 Å². The first-order valence-corrected chi connectivity index (χ1v) is 21.5. The second kappa shape index (κ2) is 13.8. The van der Waals surface area contributed by atoms with Gasteiger partial charge in [0.15, 0.2) is 11.6 Å². The van der Waals surface area contributed by atoms with E-state index in [0.717, 1.165) is 28.2 Å². The number of hydrogen-bond donors (Lipinski definition) is 0. The van der Waals surface area contributed by atoms with E-state index in [0.29, 0.717) is 17.6 Å². The molecule has 0 N–H and O–H groups in total. The van der Waals surface area contributed by atoms with Crippen molar-refractivity contribution in [1.29, 1.82) is 0 Å². The first-order chi connectivity index (χ1) is 31.3. The molecule has 9 aromatic carbocycles. The minimum atomic E-state index is -0.598. The molecule has 294 valence electrons. The molecule has 0 saturated heterocycles. The number of para-hydroxylation sites is 4. The zero-order valence-corrected chi connectivity index (χ0v) is 34.1. The summed E-state index contributed by atoms with van der Waals surface area (Å²) in [4.78, 5) is 17.8. The van der Waals surface area contributed by atoms with Gasteiger partial charge in [-0.3, -0.25) is 4.90 Å². The van der Waals surface area contributed by atoms with E-state index >= 15 is 0 Å². The Bertz CT molecular complexity index is 3470. The van der Waals surface area contributed by atoms with Crippen molar-refractivity contribution in [3.8, 4) is 50.7 Å². The van der Waals surface area contributed by atoms with Crippen molar-refractivity contribution >= 4 is 39.1 Å². The lowest BCUT2D eigenvalue weighted by Gasteiger charge is -2.44. The molecule has 1 aliphatic carbocycles. The Kier molecular flexibility index (Phi) is 7.75. The Morgan fingerprint density at radius 3 is 1.52 bits per heavy atom. The maximum absolute atomic E-state index is 5.26. The third kappa shape index (κ3) is 5.20. The fourth-order valence-electron chi connectivity index (χ4n) is 10.4. The van der Waals surface area contributed by atoms with Gasteiger partial charge >= 0.3 is 0 Å². The number of benzene rings is 9. The predicted molar refractivity (Wildman–Crippen MR) is 256 cm³/mol. The summed E-state index contributed by atoms with van der Waals surface area (Å²) in [5, 5.41) is 2.48. The second-order valence-corrected chi connectivity index (χ2v) is 16.4. The number of hydrogen-bond acceptors (Lipinski definition) is 4. The van der Waals surface area contributed by atoms with Crippen LogP contribution in [0.3, 0.4) is 0 Å². The average molecular weight is 804 g/mol. The number of fused-ring (bicyclic) bond motifs is 12. The predicted octanol–water partition coefficient (Wildman–Crippen LogP) is 14.1. The van der Waals surface area contributed by atoms with E-state index in [1.165, 1.54) is 66.3 Å². The Morgan fingerprint density at radius 1 is 0.333 bits per heavy atom. The lowest BCUT2D eigenvalue weighted by molar-refractivity contribution is 0.749. The highest BCUT2D eigenvalue weighted by Gasteiger charge is 2.52. The third-order valence-corrected chi connectivity index (χ3v) is 13.1. The van der Waals surface area contributed by atoms with Crippen molar-refractivity contribution < 1.29 is 0 Å². The molecule has 5 nitrogen and oxygen atoms in total. The van der Waals surface area contributed by atoms with Crippen molar-refractivity contribution in [2.75, 3.05) is 4.90 Å². The molecule has 2 aromatic heterocycles. The molecule has 0 amide bonds. The molecule has 2 aliphatic rings. The van der Waals surface area contributed by atoms with E-state index < -0.39 is 5.41 Å². The zero-order chi connectivity index (χ0) is 41.5. The van der Waals surface area contributed by atoms with Crippen LogP contribution in [-0.4, -0.2) is 19.5 Å². The van der Waals surface area contributed by atoms with Crippen LogP contribution in [0.25, 0.3) is 72.5 Å². The van der Waals surface area contributed by atoms with Crippen LogP contribution in [0.15, 0.2) is 224 Å². The van der Waals surface area contributed by atoms with Crippen LogP contribution in [0.1, 0.15) is 22.3 Å². The maximum Gasteiger partial charge on any atom is 0.238 e. The molecule has 0 radical (unpaired) electrons. The molecule has 0 atom stereocenters. The Morgan fingerprint density at radius 2 is 0.841 bits per heavy atom. The van der Waals surface area contributed by atoms with Crippen LogP contribution in [0.4, 0.5) is 17.3 Å². The molecule has 0 fully saturated rings. The van der Waals surface area contributed by atoms with Gasteiger partial charge in [-0.05, 0) is 93.0 Å². The molecule has 1 spiro atoms. The highest BCUT2D eigenvalue weighted by atomic mass is 15.3. The average Bonchev–Trinajstić information content (AvgIpc) is 3.85. The van der Waals surface area contributed by atoms with E-state index in [-0.39, 0.29) is 0 Å². The van der Waals surface area contributed by atoms with Gasteiger partial charge in [-0.15, -0.1) is 0 Å². The molecule has 5 heteroatoms. The molecule has 63 heavy (non-hydrogen) atoms. The van der Waals surface area contributed by atoms with E-state index in [9.17, 15) is 0 Å². The molecule has 0 unspecified atom stereocenters. The SMILES string of the molecule is c1ccc(-c2nc(-c3ccccc3)nc(N3c4ccccc4C4(c5ccccc5-c5cc(-c6ccc7c(c6)c6ccccc6n7-c6ccccc6)ccc54)c4ccccc43)n2)cc1. The molecular weight excluding hydrogens is 767 g/mol. The number of rotatable bonds is 5. The van der Waals surface area contributed by atoms with E-state index in [1.807, 2.05) is 36.4 Å². The summed E-state index contributed by atoms with van der Waals surface area (Å²) in [6, 6.07) is 80.4. The number of anilines is 3. The summed E-state index contributed by atoms with van der Waals surface area (Å²) >= 11 is 0. The highest BCUT2D eigenvalue weighted by Crippen LogP contribution is 2.63. The van der Waals surface area contributed by atoms with Crippen molar-refractivity contribution in [3.63, 3.8) is 0 Å². The van der Waals surface area contributed by atoms with Crippen LogP contribution in [-0.2, 0) is 5.41 Å². The summed E-state index contributed by atoms with van der Waals surface area (Å²) in [5.74, 6) is 1.83. The minimum absolute atomic E-state index is 0.573. The van der Waals surface area contributed by atoms with Crippen LogP contribution in [0, 0.1) is 0 Å². The summed E-state index contributed by atoms with van der Waals surface area (Å²) < 4.78 is 2.38. The summed E-state index contributed by atoms with van der Waals surface area (Å²) in [7, 11) is 0. The first kappa shape index (κ1) is 35.4. The van der Waals surface area contributed by atoms with E-state index in [2.05, 4.69) is 198 Å². The summed E-state index contributed by atoms with van der Waals surface area (Å²) in [5.41, 5.74) is 16.6. The van der Waals surface area contributed by atoms with Gasteiger partial charge in [-0.2, -0.15) is 9.97 Å². The molecular formula is C58H37N5. The third-order valence-electron chi connectivity index (χ3n) is 13.1. The number of aromatic nitrogens is 4.